The van der Waals surface area contributed by atoms with E-state index in [1.54, 1.807) is 26.4 Å². The maximum atomic E-state index is 12.0. The molecule has 2 aromatic rings. The van der Waals surface area contributed by atoms with Gasteiger partial charge in [0.2, 0.25) is 11.8 Å². The Morgan fingerprint density at radius 2 is 2.14 bits per heavy atom. The van der Waals surface area contributed by atoms with E-state index < -0.39 is 5.91 Å². The van der Waals surface area contributed by atoms with Gasteiger partial charge in [-0.3, -0.25) is 9.89 Å². The summed E-state index contributed by atoms with van der Waals surface area (Å²) in [6, 6.07) is 5.10. The number of anilines is 1. The quantitative estimate of drug-likeness (QED) is 0.753. The first kappa shape index (κ1) is 14.6. The minimum atomic E-state index is -0.399. The van der Waals surface area contributed by atoms with Gasteiger partial charge in [-0.15, -0.1) is 5.10 Å². The van der Waals surface area contributed by atoms with E-state index in [4.69, 9.17) is 15.2 Å². The highest BCUT2D eigenvalue weighted by molar-refractivity contribution is 5.90. The number of aromatic amines is 1. The molecule has 1 aromatic carbocycles. The first-order chi connectivity index (χ1) is 10.0. The first-order valence-corrected chi connectivity index (χ1v) is 6.25. The summed E-state index contributed by atoms with van der Waals surface area (Å²) in [5, 5.41) is 8.86. The van der Waals surface area contributed by atoms with Crippen molar-refractivity contribution in [1.82, 2.24) is 20.5 Å². The lowest BCUT2D eigenvalue weighted by Crippen LogP contribution is -2.28. The third kappa shape index (κ3) is 3.22. The Labute approximate surface area is 121 Å². The molecule has 0 aliphatic heterocycles. The van der Waals surface area contributed by atoms with Crippen LogP contribution in [-0.2, 0) is 0 Å². The maximum Gasteiger partial charge on any atom is 0.289 e. The van der Waals surface area contributed by atoms with Crippen LogP contribution in [0.3, 0.4) is 0 Å². The van der Waals surface area contributed by atoms with Gasteiger partial charge in [0.1, 0.15) is 11.5 Å². The lowest BCUT2D eigenvalue weighted by atomic mass is 10.1. The van der Waals surface area contributed by atoms with E-state index in [9.17, 15) is 4.79 Å². The highest BCUT2D eigenvalue weighted by Gasteiger charge is 2.18. The molecule has 112 valence electrons. The number of methoxy groups -OCH3 is 2. The first-order valence-electron chi connectivity index (χ1n) is 6.25. The topological polar surface area (TPSA) is 115 Å². The van der Waals surface area contributed by atoms with Gasteiger partial charge in [-0.2, -0.15) is 4.98 Å². The largest absolute Gasteiger partial charge is 0.497 e. The summed E-state index contributed by atoms with van der Waals surface area (Å²) >= 11 is 0. The standard InChI is InChI=1S/C13H17N5O3/c1-7(15-12(19)11-16-13(14)18-17-11)9-5-4-8(20-2)6-10(9)21-3/h4-7H,1-3H3,(H,15,19)(H3,14,16,17,18). The van der Waals surface area contributed by atoms with Crippen LogP contribution >= 0.6 is 0 Å². The van der Waals surface area contributed by atoms with Gasteiger partial charge in [-0.25, -0.2) is 0 Å². The van der Waals surface area contributed by atoms with Crippen LogP contribution in [0.25, 0.3) is 0 Å². The van der Waals surface area contributed by atoms with E-state index >= 15 is 0 Å². The van der Waals surface area contributed by atoms with Crippen molar-refractivity contribution < 1.29 is 14.3 Å². The number of benzene rings is 1. The van der Waals surface area contributed by atoms with Crippen LogP contribution < -0.4 is 20.5 Å². The van der Waals surface area contributed by atoms with Gasteiger partial charge in [-0.05, 0) is 19.1 Å². The summed E-state index contributed by atoms with van der Waals surface area (Å²) in [7, 11) is 3.14. The van der Waals surface area contributed by atoms with Crippen LogP contribution in [0, 0.1) is 0 Å². The number of nitrogens with one attached hydrogen (secondary N) is 2. The van der Waals surface area contributed by atoms with Crippen molar-refractivity contribution in [2.75, 3.05) is 20.0 Å². The average molecular weight is 291 g/mol. The number of amides is 1. The van der Waals surface area contributed by atoms with Gasteiger partial charge in [0.25, 0.3) is 5.91 Å². The fraction of sp³-hybridized carbons (Fsp3) is 0.308. The number of nitrogen functional groups attached to an aromatic ring is 1. The van der Waals surface area contributed by atoms with E-state index in [1.165, 1.54) is 0 Å². The molecule has 1 atom stereocenters. The van der Waals surface area contributed by atoms with E-state index in [2.05, 4.69) is 20.5 Å². The van der Waals surface area contributed by atoms with Crippen LogP contribution in [0.4, 0.5) is 5.95 Å². The number of hydrogen-bond acceptors (Lipinski definition) is 6. The zero-order valence-corrected chi connectivity index (χ0v) is 12.0. The molecule has 0 aliphatic carbocycles. The van der Waals surface area contributed by atoms with Crippen LogP contribution in [0.5, 0.6) is 11.5 Å². The zero-order valence-electron chi connectivity index (χ0n) is 12.0. The molecule has 0 saturated carbocycles. The van der Waals surface area contributed by atoms with Gasteiger partial charge in [0, 0.05) is 11.6 Å². The molecule has 0 spiro atoms. The number of nitrogens with two attached hydrogens (primary N) is 1. The number of hydrogen-bond donors (Lipinski definition) is 3. The maximum absolute atomic E-state index is 12.0. The summed E-state index contributed by atoms with van der Waals surface area (Å²) in [5.74, 6) is 0.989. The Kier molecular flexibility index (Phi) is 4.27. The molecular formula is C13H17N5O3. The molecular weight excluding hydrogens is 274 g/mol. The number of rotatable bonds is 5. The third-order valence-corrected chi connectivity index (χ3v) is 2.97. The summed E-state index contributed by atoms with van der Waals surface area (Å²) < 4.78 is 10.5. The van der Waals surface area contributed by atoms with Gasteiger partial charge < -0.3 is 20.5 Å². The lowest BCUT2D eigenvalue weighted by molar-refractivity contribution is 0.0929. The molecule has 0 radical (unpaired) electrons. The van der Waals surface area contributed by atoms with E-state index in [0.29, 0.717) is 11.5 Å². The minimum Gasteiger partial charge on any atom is -0.497 e. The SMILES string of the molecule is COc1ccc(C(C)NC(=O)c2nc(N)n[nH]2)c(OC)c1. The van der Waals surface area contributed by atoms with Crippen LogP contribution in [-0.4, -0.2) is 35.3 Å². The van der Waals surface area contributed by atoms with Crippen LogP contribution in [0.2, 0.25) is 0 Å². The fourth-order valence-corrected chi connectivity index (χ4v) is 1.90. The minimum absolute atomic E-state index is 0.0230. The molecule has 1 heterocycles. The Morgan fingerprint density at radius 1 is 1.38 bits per heavy atom. The van der Waals surface area contributed by atoms with Crippen molar-refractivity contribution in [2.45, 2.75) is 13.0 Å². The molecule has 1 unspecified atom stereocenters. The Hall–Kier alpha value is -2.77. The third-order valence-electron chi connectivity index (χ3n) is 2.97. The molecule has 0 aliphatic rings. The second-order valence-electron chi connectivity index (χ2n) is 4.35. The van der Waals surface area contributed by atoms with Gasteiger partial charge in [0.05, 0.1) is 20.3 Å². The monoisotopic (exact) mass is 291 g/mol. The number of nitrogens with zero attached hydrogens (tertiary/aromatic N) is 2. The van der Waals surface area contributed by atoms with Gasteiger partial charge in [0.15, 0.2) is 0 Å². The predicted octanol–water partition coefficient (Wildman–Crippen LogP) is 0.895. The van der Waals surface area contributed by atoms with E-state index in [1.807, 2.05) is 13.0 Å². The second-order valence-corrected chi connectivity index (χ2v) is 4.35. The summed E-state index contributed by atoms with van der Waals surface area (Å²) in [4.78, 5) is 15.8. The molecule has 1 amide bonds. The molecule has 8 nitrogen and oxygen atoms in total. The molecule has 21 heavy (non-hydrogen) atoms. The summed E-state index contributed by atoms with van der Waals surface area (Å²) in [6.45, 7) is 1.84. The molecule has 1 aromatic heterocycles. The van der Waals surface area contributed by atoms with Crippen molar-refractivity contribution in [3.63, 3.8) is 0 Å². The average Bonchev–Trinajstić information content (AvgIpc) is 2.93. The smallest absolute Gasteiger partial charge is 0.289 e. The van der Waals surface area contributed by atoms with Crippen molar-refractivity contribution in [2.24, 2.45) is 0 Å². The summed E-state index contributed by atoms with van der Waals surface area (Å²) in [5.41, 5.74) is 6.19. The Morgan fingerprint density at radius 3 is 2.71 bits per heavy atom. The number of carbonyl (C=O) groups excluding carboxylic acids is 1. The van der Waals surface area contributed by atoms with Crippen molar-refractivity contribution in [3.05, 3.63) is 29.6 Å². The van der Waals surface area contributed by atoms with Crippen LogP contribution in [0.15, 0.2) is 18.2 Å². The Bertz CT molecular complexity index is 640. The summed E-state index contributed by atoms with van der Waals surface area (Å²) in [6.07, 6.45) is 0. The second kappa shape index (κ2) is 6.12. The zero-order chi connectivity index (χ0) is 15.4. The van der Waals surface area contributed by atoms with Crippen molar-refractivity contribution in [3.8, 4) is 11.5 Å². The van der Waals surface area contributed by atoms with Gasteiger partial charge in [-0.1, -0.05) is 0 Å². The number of carbonyl (C=O) groups is 1. The fourth-order valence-electron chi connectivity index (χ4n) is 1.90. The Balaban J connectivity index is 2.16. The highest BCUT2D eigenvalue weighted by atomic mass is 16.5. The predicted molar refractivity (Wildman–Crippen MR) is 76.2 cm³/mol. The van der Waals surface area contributed by atoms with Gasteiger partial charge >= 0.3 is 0 Å². The van der Waals surface area contributed by atoms with Crippen LogP contribution in [0.1, 0.15) is 29.1 Å². The molecule has 4 N–H and O–H groups in total. The van der Waals surface area contributed by atoms with Crippen molar-refractivity contribution in [1.29, 1.82) is 0 Å². The number of aromatic nitrogens is 3. The number of ether oxygens (including phenoxy) is 2. The molecule has 0 fully saturated rings. The van der Waals surface area contributed by atoms with Crippen molar-refractivity contribution >= 4 is 11.9 Å². The molecule has 8 heteroatoms. The van der Waals surface area contributed by atoms with E-state index in [-0.39, 0.29) is 17.8 Å². The number of H-pyrrole nitrogens is 1. The molecule has 0 bridgehead atoms. The normalized spacial score (nSPS) is 11.8. The molecule has 2 rings (SSSR count). The highest BCUT2D eigenvalue weighted by Crippen LogP contribution is 2.29. The lowest BCUT2D eigenvalue weighted by Gasteiger charge is -2.17. The van der Waals surface area contributed by atoms with E-state index in [0.717, 1.165) is 5.56 Å². The molecule has 0 saturated heterocycles.